The molecule has 2 saturated heterocycles. The lowest BCUT2D eigenvalue weighted by Crippen LogP contribution is -2.58. The van der Waals surface area contributed by atoms with Gasteiger partial charge in [0.15, 0.2) is 6.04 Å². The number of nitrogens with one attached hydrogen (secondary N) is 3. The molecule has 7 N–H and O–H groups in total. The summed E-state index contributed by atoms with van der Waals surface area (Å²) in [6.07, 6.45) is 0.898. The maximum absolute atomic E-state index is 12.9. The zero-order chi connectivity index (χ0) is 23.1. The SMILES string of the molecule is CC(O)C(NC(=O)C(CCC(N)=O)NC(=O)C1CCCN1C(=O)C1CCCN1)C(=O)O. The summed E-state index contributed by atoms with van der Waals surface area (Å²) in [6, 6.07) is -3.92. The summed E-state index contributed by atoms with van der Waals surface area (Å²) >= 11 is 0. The maximum Gasteiger partial charge on any atom is 0.328 e. The first-order valence-corrected chi connectivity index (χ1v) is 10.5. The number of hydrogen-bond donors (Lipinski definition) is 6. The Labute approximate surface area is 179 Å². The van der Waals surface area contributed by atoms with Gasteiger partial charge in [-0.05, 0) is 45.6 Å². The van der Waals surface area contributed by atoms with Crippen LogP contribution >= 0.6 is 0 Å². The average molecular weight is 441 g/mol. The Balaban J connectivity index is 2.08. The van der Waals surface area contributed by atoms with Crippen molar-refractivity contribution in [2.75, 3.05) is 13.1 Å². The molecule has 5 unspecified atom stereocenters. The molecular formula is C19H31N5O7. The molecule has 0 bridgehead atoms. The number of aliphatic carboxylic acids is 1. The van der Waals surface area contributed by atoms with Crippen molar-refractivity contribution in [1.82, 2.24) is 20.9 Å². The Bertz CT molecular complexity index is 708. The number of aliphatic hydroxyl groups is 1. The Hall–Kier alpha value is -2.73. The Morgan fingerprint density at radius 1 is 1.16 bits per heavy atom. The highest BCUT2D eigenvalue weighted by atomic mass is 16.4. The molecule has 4 amide bonds. The van der Waals surface area contributed by atoms with Crippen LogP contribution in [-0.2, 0) is 24.0 Å². The quantitative estimate of drug-likeness (QED) is 0.213. The molecule has 0 aromatic carbocycles. The van der Waals surface area contributed by atoms with E-state index >= 15 is 0 Å². The number of likely N-dealkylation sites (tertiary alicyclic amines) is 1. The van der Waals surface area contributed by atoms with Gasteiger partial charge in [0.2, 0.25) is 23.6 Å². The van der Waals surface area contributed by atoms with Crippen LogP contribution in [0.4, 0.5) is 0 Å². The van der Waals surface area contributed by atoms with Gasteiger partial charge in [-0.1, -0.05) is 0 Å². The number of carbonyl (C=O) groups is 5. The van der Waals surface area contributed by atoms with Crippen LogP contribution in [0.5, 0.6) is 0 Å². The van der Waals surface area contributed by atoms with Crippen molar-refractivity contribution in [2.24, 2.45) is 5.73 Å². The first-order chi connectivity index (χ1) is 14.6. The van der Waals surface area contributed by atoms with E-state index in [2.05, 4.69) is 16.0 Å². The summed E-state index contributed by atoms with van der Waals surface area (Å²) in [6.45, 7) is 2.37. The van der Waals surface area contributed by atoms with Crippen LogP contribution in [0.25, 0.3) is 0 Å². The average Bonchev–Trinajstić information content (AvgIpc) is 3.39. The number of carboxylic acids is 1. The molecule has 0 radical (unpaired) electrons. The van der Waals surface area contributed by atoms with Gasteiger partial charge in [-0.2, -0.15) is 0 Å². The molecule has 2 aliphatic rings. The fourth-order valence-electron chi connectivity index (χ4n) is 3.86. The number of carboxylic acid groups (broad SMARTS) is 1. The molecule has 2 aliphatic heterocycles. The highest BCUT2D eigenvalue weighted by Crippen LogP contribution is 2.21. The van der Waals surface area contributed by atoms with Crippen LogP contribution in [-0.4, -0.2) is 88.1 Å². The van der Waals surface area contributed by atoms with E-state index in [-0.39, 0.29) is 24.8 Å². The van der Waals surface area contributed by atoms with Gasteiger partial charge in [-0.3, -0.25) is 19.2 Å². The maximum atomic E-state index is 12.9. The number of nitrogens with zero attached hydrogens (tertiary/aromatic N) is 1. The second kappa shape index (κ2) is 11.0. The Morgan fingerprint density at radius 2 is 1.87 bits per heavy atom. The number of hydrogen-bond acceptors (Lipinski definition) is 7. The van der Waals surface area contributed by atoms with E-state index in [0.29, 0.717) is 25.8 Å². The van der Waals surface area contributed by atoms with Gasteiger partial charge in [-0.25, -0.2) is 4.79 Å². The van der Waals surface area contributed by atoms with E-state index < -0.39 is 47.9 Å². The van der Waals surface area contributed by atoms with Gasteiger partial charge >= 0.3 is 5.97 Å². The monoisotopic (exact) mass is 441 g/mol. The molecule has 0 aromatic rings. The number of primary amides is 1. The fourth-order valence-corrected chi connectivity index (χ4v) is 3.86. The minimum atomic E-state index is -1.58. The normalized spacial score (nSPS) is 23.6. The largest absolute Gasteiger partial charge is 0.480 e. The van der Waals surface area contributed by atoms with Crippen molar-refractivity contribution in [1.29, 1.82) is 0 Å². The third-order valence-electron chi connectivity index (χ3n) is 5.56. The van der Waals surface area contributed by atoms with Gasteiger partial charge in [0.05, 0.1) is 12.1 Å². The van der Waals surface area contributed by atoms with Crippen molar-refractivity contribution in [3.63, 3.8) is 0 Å². The number of nitrogens with two attached hydrogens (primary N) is 1. The van der Waals surface area contributed by atoms with Crippen LogP contribution < -0.4 is 21.7 Å². The Kier molecular flexibility index (Phi) is 8.75. The molecular weight excluding hydrogens is 410 g/mol. The van der Waals surface area contributed by atoms with Crippen molar-refractivity contribution >= 4 is 29.6 Å². The molecule has 174 valence electrons. The second-order valence-corrected chi connectivity index (χ2v) is 7.97. The third kappa shape index (κ3) is 6.62. The van der Waals surface area contributed by atoms with Gasteiger partial charge < -0.3 is 36.8 Å². The molecule has 0 saturated carbocycles. The first kappa shape index (κ1) is 24.5. The predicted octanol–water partition coefficient (Wildman–Crippen LogP) is -2.57. The van der Waals surface area contributed by atoms with Crippen molar-refractivity contribution < 1.29 is 34.2 Å². The highest BCUT2D eigenvalue weighted by Gasteiger charge is 2.39. The van der Waals surface area contributed by atoms with Gasteiger partial charge in [0.25, 0.3) is 0 Å². The van der Waals surface area contributed by atoms with Gasteiger partial charge in [-0.15, -0.1) is 0 Å². The van der Waals surface area contributed by atoms with Crippen molar-refractivity contribution in [3.05, 3.63) is 0 Å². The number of amides is 4. The number of aliphatic hydroxyl groups excluding tert-OH is 1. The zero-order valence-corrected chi connectivity index (χ0v) is 17.5. The van der Waals surface area contributed by atoms with E-state index in [4.69, 9.17) is 10.8 Å². The molecule has 0 spiro atoms. The summed E-state index contributed by atoms with van der Waals surface area (Å²) in [5.74, 6) is -3.72. The Morgan fingerprint density at radius 3 is 2.42 bits per heavy atom. The minimum absolute atomic E-state index is 0.149. The predicted molar refractivity (Wildman–Crippen MR) is 107 cm³/mol. The lowest BCUT2D eigenvalue weighted by atomic mass is 10.1. The summed E-state index contributed by atoms with van der Waals surface area (Å²) in [7, 11) is 0. The molecule has 12 nitrogen and oxygen atoms in total. The minimum Gasteiger partial charge on any atom is -0.480 e. The highest BCUT2D eigenvalue weighted by molar-refractivity contribution is 5.94. The molecule has 0 aromatic heterocycles. The molecule has 12 heteroatoms. The standard InChI is InChI=1S/C19H31N5O7/c1-10(25)15(19(30)31)23-16(27)11(6-7-14(20)26)22-17(28)13-5-3-9-24(13)18(29)12-4-2-8-21-12/h10-13,15,21,25H,2-9H2,1H3,(H2,20,26)(H,22,28)(H,23,27)(H,30,31). The van der Waals surface area contributed by atoms with Gasteiger partial charge in [0, 0.05) is 13.0 Å². The zero-order valence-electron chi connectivity index (χ0n) is 17.5. The molecule has 2 fully saturated rings. The lowest BCUT2D eigenvalue weighted by Gasteiger charge is -2.28. The van der Waals surface area contributed by atoms with Crippen LogP contribution in [0.2, 0.25) is 0 Å². The molecule has 2 rings (SSSR count). The third-order valence-corrected chi connectivity index (χ3v) is 5.56. The molecule has 5 atom stereocenters. The summed E-state index contributed by atoms with van der Waals surface area (Å²) in [4.78, 5) is 62.2. The summed E-state index contributed by atoms with van der Waals surface area (Å²) in [5.41, 5.74) is 5.15. The topological polar surface area (TPSA) is 191 Å². The van der Waals surface area contributed by atoms with E-state index in [1.807, 2.05) is 0 Å². The summed E-state index contributed by atoms with van der Waals surface area (Å²) < 4.78 is 0. The van der Waals surface area contributed by atoms with E-state index in [0.717, 1.165) is 13.0 Å². The first-order valence-electron chi connectivity index (χ1n) is 10.5. The van der Waals surface area contributed by atoms with Gasteiger partial charge in [0.1, 0.15) is 12.1 Å². The number of carbonyl (C=O) groups excluding carboxylic acids is 4. The summed E-state index contributed by atoms with van der Waals surface area (Å²) in [5, 5.41) is 26.5. The van der Waals surface area contributed by atoms with Crippen molar-refractivity contribution in [3.8, 4) is 0 Å². The second-order valence-electron chi connectivity index (χ2n) is 7.97. The molecule has 0 aliphatic carbocycles. The van der Waals surface area contributed by atoms with E-state index in [9.17, 15) is 29.1 Å². The van der Waals surface area contributed by atoms with Crippen LogP contribution in [0.1, 0.15) is 45.4 Å². The molecule has 2 heterocycles. The van der Waals surface area contributed by atoms with Crippen LogP contribution in [0.3, 0.4) is 0 Å². The lowest BCUT2D eigenvalue weighted by molar-refractivity contribution is -0.145. The van der Waals surface area contributed by atoms with Crippen LogP contribution in [0, 0.1) is 0 Å². The molecule has 31 heavy (non-hydrogen) atoms. The van der Waals surface area contributed by atoms with E-state index in [1.165, 1.54) is 11.8 Å². The fraction of sp³-hybridized carbons (Fsp3) is 0.737. The van der Waals surface area contributed by atoms with Crippen molar-refractivity contribution in [2.45, 2.75) is 75.7 Å². The van der Waals surface area contributed by atoms with E-state index in [1.54, 1.807) is 0 Å². The number of rotatable bonds is 10. The van der Waals surface area contributed by atoms with Crippen LogP contribution in [0.15, 0.2) is 0 Å². The smallest absolute Gasteiger partial charge is 0.328 e.